The standard InChI is InChI=1S/C16H16N10O/c1-10-11(12-3-6-25(21-12)8-5-19-23-17)9-26-13(10)16(27)20-14(22-26)15-18-4-7-24(15)2/h3-4,6-7,9H,5,8H2,1-2H3,(H,20,22,27). The maximum absolute atomic E-state index is 12.6. The smallest absolute Gasteiger partial charge is 0.275 e. The summed E-state index contributed by atoms with van der Waals surface area (Å²) >= 11 is 0. The molecule has 0 aliphatic rings. The molecule has 4 rings (SSSR count). The molecule has 4 aromatic rings. The number of nitrogens with zero attached hydrogens (tertiary/aromatic N) is 9. The summed E-state index contributed by atoms with van der Waals surface area (Å²) in [7, 11) is 1.84. The fraction of sp³-hybridized carbons (Fsp3) is 0.250. The van der Waals surface area contributed by atoms with E-state index in [9.17, 15) is 4.79 Å². The first-order valence-corrected chi connectivity index (χ1v) is 8.23. The molecule has 11 heteroatoms. The van der Waals surface area contributed by atoms with Gasteiger partial charge < -0.3 is 9.55 Å². The topological polar surface area (TPSA) is 135 Å². The molecule has 0 radical (unpaired) electrons. The summed E-state index contributed by atoms with van der Waals surface area (Å²) in [6, 6.07) is 1.85. The Morgan fingerprint density at radius 3 is 2.93 bits per heavy atom. The van der Waals surface area contributed by atoms with Crippen LogP contribution in [0.5, 0.6) is 0 Å². The van der Waals surface area contributed by atoms with Gasteiger partial charge in [0.1, 0.15) is 5.52 Å². The fourth-order valence-electron chi connectivity index (χ4n) is 3.01. The maximum Gasteiger partial charge on any atom is 0.275 e. The summed E-state index contributed by atoms with van der Waals surface area (Å²) in [5.74, 6) is 0.964. The molecule has 27 heavy (non-hydrogen) atoms. The number of aromatic nitrogens is 7. The molecule has 0 spiro atoms. The summed E-state index contributed by atoms with van der Waals surface area (Å²) in [6.45, 7) is 2.67. The van der Waals surface area contributed by atoms with Crippen LogP contribution in [0.15, 0.2) is 40.8 Å². The Morgan fingerprint density at radius 1 is 1.33 bits per heavy atom. The molecule has 136 valence electrons. The van der Waals surface area contributed by atoms with Gasteiger partial charge in [-0.25, -0.2) is 9.50 Å². The average molecular weight is 364 g/mol. The number of hydrogen-bond donors (Lipinski definition) is 1. The number of aryl methyl sites for hydroxylation is 2. The number of hydrogen-bond acceptors (Lipinski definition) is 5. The molecular formula is C16H16N10O. The van der Waals surface area contributed by atoms with Crippen LogP contribution in [0.25, 0.3) is 38.9 Å². The minimum Gasteiger partial charge on any atom is -0.331 e. The predicted molar refractivity (Wildman–Crippen MR) is 98.0 cm³/mol. The fourth-order valence-corrected chi connectivity index (χ4v) is 3.01. The Morgan fingerprint density at radius 2 is 2.19 bits per heavy atom. The van der Waals surface area contributed by atoms with Crippen LogP contribution in [-0.2, 0) is 13.6 Å². The zero-order valence-corrected chi connectivity index (χ0v) is 14.7. The molecule has 0 amide bonds. The van der Waals surface area contributed by atoms with Gasteiger partial charge in [-0.05, 0) is 24.1 Å². The van der Waals surface area contributed by atoms with Crippen molar-refractivity contribution in [3.8, 4) is 22.9 Å². The molecule has 0 atom stereocenters. The first kappa shape index (κ1) is 16.6. The predicted octanol–water partition coefficient (Wildman–Crippen LogP) is 1.91. The van der Waals surface area contributed by atoms with Gasteiger partial charge in [-0.1, -0.05) is 5.11 Å². The SMILES string of the molecule is Cc1c(-c2ccn(CCN=[N+]=[N-])n2)cn2nc(-c3nccn3C)[nH]c(=O)c12. The Bertz CT molecular complexity index is 1230. The lowest BCUT2D eigenvalue weighted by Gasteiger charge is -2.02. The zero-order valence-electron chi connectivity index (χ0n) is 14.7. The third kappa shape index (κ3) is 2.85. The largest absolute Gasteiger partial charge is 0.331 e. The monoisotopic (exact) mass is 364 g/mol. The molecule has 0 saturated heterocycles. The highest BCUT2D eigenvalue weighted by molar-refractivity contribution is 5.73. The van der Waals surface area contributed by atoms with Crippen molar-refractivity contribution in [3.05, 3.63) is 57.2 Å². The van der Waals surface area contributed by atoms with Crippen LogP contribution in [0.4, 0.5) is 0 Å². The molecule has 0 aliphatic carbocycles. The normalized spacial score (nSPS) is 11.0. The van der Waals surface area contributed by atoms with E-state index in [1.165, 1.54) is 0 Å². The number of fused-ring (bicyclic) bond motifs is 1. The number of imidazole rings is 1. The van der Waals surface area contributed by atoms with Crippen molar-refractivity contribution in [2.75, 3.05) is 6.54 Å². The second kappa shape index (κ2) is 6.46. The van der Waals surface area contributed by atoms with Crippen molar-refractivity contribution in [2.45, 2.75) is 13.5 Å². The molecule has 4 heterocycles. The summed E-state index contributed by atoms with van der Waals surface area (Å²) < 4.78 is 5.04. The summed E-state index contributed by atoms with van der Waals surface area (Å²) in [5, 5.41) is 12.5. The first-order valence-electron chi connectivity index (χ1n) is 8.23. The van der Waals surface area contributed by atoms with Crippen LogP contribution in [0, 0.1) is 6.92 Å². The number of rotatable bonds is 5. The zero-order chi connectivity index (χ0) is 19.0. The first-order chi connectivity index (χ1) is 13.1. The summed E-state index contributed by atoms with van der Waals surface area (Å²) in [5.41, 5.74) is 10.9. The second-order valence-electron chi connectivity index (χ2n) is 6.04. The Kier molecular flexibility index (Phi) is 3.98. The van der Waals surface area contributed by atoms with Gasteiger partial charge in [-0.3, -0.25) is 9.48 Å². The number of H-pyrrole nitrogens is 1. The van der Waals surface area contributed by atoms with Crippen LogP contribution in [0.2, 0.25) is 0 Å². The molecular weight excluding hydrogens is 348 g/mol. The Hall–Kier alpha value is -3.85. The average Bonchev–Trinajstić information content (AvgIpc) is 3.34. The molecule has 4 aromatic heterocycles. The van der Waals surface area contributed by atoms with E-state index in [4.69, 9.17) is 5.53 Å². The van der Waals surface area contributed by atoms with E-state index in [1.807, 2.05) is 20.0 Å². The van der Waals surface area contributed by atoms with E-state index in [-0.39, 0.29) is 5.56 Å². The molecule has 0 saturated carbocycles. The number of aromatic amines is 1. The van der Waals surface area contributed by atoms with Crippen LogP contribution in [0.1, 0.15) is 5.56 Å². The van der Waals surface area contributed by atoms with Gasteiger partial charge in [0.25, 0.3) is 5.56 Å². The lowest BCUT2D eigenvalue weighted by molar-refractivity contribution is 0.625. The quantitative estimate of drug-likeness (QED) is 0.329. The highest BCUT2D eigenvalue weighted by atomic mass is 16.1. The van der Waals surface area contributed by atoms with Gasteiger partial charge in [0.2, 0.25) is 0 Å². The van der Waals surface area contributed by atoms with E-state index >= 15 is 0 Å². The molecule has 0 aromatic carbocycles. The van der Waals surface area contributed by atoms with Crippen LogP contribution in [0.3, 0.4) is 0 Å². The number of azide groups is 1. The lowest BCUT2D eigenvalue weighted by atomic mass is 10.1. The molecule has 0 bridgehead atoms. The van der Waals surface area contributed by atoms with E-state index in [0.29, 0.717) is 30.3 Å². The lowest BCUT2D eigenvalue weighted by Crippen LogP contribution is -2.15. The van der Waals surface area contributed by atoms with Gasteiger partial charge in [0, 0.05) is 55.4 Å². The minimum atomic E-state index is -0.241. The van der Waals surface area contributed by atoms with Crippen molar-refractivity contribution >= 4 is 5.52 Å². The third-order valence-corrected chi connectivity index (χ3v) is 4.34. The van der Waals surface area contributed by atoms with E-state index in [2.05, 4.69) is 30.2 Å². The van der Waals surface area contributed by atoms with Crippen LogP contribution < -0.4 is 5.56 Å². The van der Waals surface area contributed by atoms with Gasteiger partial charge in [-0.2, -0.15) is 5.10 Å². The molecule has 11 nitrogen and oxygen atoms in total. The summed E-state index contributed by atoms with van der Waals surface area (Å²) in [6.07, 6.45) is 7.02. The minimum absolute atomic E-state index is 0.241. The van der Waals surface area contributed by atoms with E-state index in [0.717, 1.165) is 16.8 Å². The Balaban J connectivity index is 1.78. The van der Waals surface area contributed by atoms with Crippen LogP contribution in [-0.4, -0.2) is 40.5 Å². The maximum atomic E-state index is 12.6. The van der Waals surface area contributed by atoms with Crippen molar-refractivity contribution in [1.82, 2.24) is 33.9 Å². The van der Waals surface area contributed by atoms with Gasteiger partial charge in [0.15, 0.2) is 11.6 Å². The van der Waals surface area contributed by atoms with E-state index < -0.39 is 0 Å². The van der Waals surface area contributed by atoms with Gasteiger partial charge in [-0.15, -0.1) is 5.10 Å². The second-order valence-corrected chi connectivity index (χ2v) is 6.04. The number of nitrogens with one attached hydrogen (secondary N) is 1. The van der Waals surface area contributed by atoms with Crippen molar-refractivity contribution in [1.29, 1.82) is 0 Å². The van der Waals surface area contributed by atoms with Crippen LogP contribution >= 0.6 is 0 Å². The van der Waals surface area contributed by atoms with Crippen molar-refractivity contribution < 1.29 is 0 Å². The van der Waals surface area contributed by atoms with Gasteiger partial charge in [0.05, 0.1) is 5.69 Å². The molecule has 0 unspecified atom stereocenters. The molecule has 0 aliphatic heterocycles. The van der Waals surface area contributed by atoms with Gasteiger partial charge >= 0.3 is 0 Å². The molecule has 1 N–H and O–H groups in total. The van der Waals surface area contributed by atoms with E-state index in [1.54, 1.807) is 38.6 Å². The van der Waals surface area contributed by atoms with Crippen molar-refractivity contribution in [2.24, 2.45) is 12.2 Å². The molecule has 0 fully saturated rings. The highest BCUT2D eigenvalue weighted by Gasteiger charge is 2.17. The highest BCUT2D eigenvalue weighted by Crippen LogP contribution is 2.25. The van der Waals surface area contributed by atoms with Crippen molar-refractivity contribution in [3.63, 3.8) is 0 Å². The summed E-state index contributed by atoms with van der Waals surface area (Å²) in [4.78, 5) is 22.4. The third-order valence-electron chi connectivity index (χ3n) is 4.34. The Labute approximate surface area is 152 Å².